The van der Waals surface area contributed by atoms with Crippen LogP contribution in [0, 0.1) is 0 Å². The van der Waals surface area contributed by atoms with Gasteiger partial charge in [0.2, 0.25) is 11.8 Å². The smallest absolute Gasteiger partial charge is 0.248 e. The summed E-state index contributed by atoms with van der Waals surface area (Å²) in [7, 11) is 1.71. The second-order valence-corrected chi connectivity index (χ2v) is 4.42. The van der Waals surface area contributed by atoms with Crippen LogP contribution in [0.4, 0.5) is 0 Å². The third-order valence-corrected chi connectivity index (χ3v) is 3.51. The molecule has 0 spiro atoms. The summed E-state index contributed by atoms with van der Waals surface area (Å²) in [4.78, 5) is 25.0. The molecule has 2 bridgehead atoms. The predicted molar refractivity (Wildman–Crippen MR) is 47.0 cm³/mol. The van der Waals surface area contributed by atoms with E-state index in [2.05, 4.69) is 5.32 Å². The van der Waals surface area contributed by atoms with E-state index in [4.69, 9.17) is 0 Å². The van der Waals surface area contributed by atoms with E-state index in [0.29, 0.717) is 0 Å². The van der Waals surface area contributed by atoms with Crippen molar-refractivity contribution in [2.24, 2.45) is 0 Å². The third-order valence-electron chi connectivity index (χ3n) is 3.51. The van der Waals surface area contributed by atoms with Crippen molar-refractivity contribution in [2.75, 3.05) is 7.05 Å². The Balaban J connectivity index is 2.48. The first-order chi connectivity index (χ1) is 5.90. The summed E-state index contributed by atoms with van der Waals surface area (Å²) in [6, 6.07) is 0. The number of piperidine rings is 2. The fourth-order valence-corrected chi connectivity index (χ4v) is 2.13. The van der Waals surface area contributed by atoms with Gasteiger partial charge >= 0.3 is 0 Å². The Morgan fingerprint density at radius 2 is 1.92 bits per heavy atom. The molecule has 3 saturated heterocycles. The molecule has 3 fully saturated rings. The SMILES string of the molecule is CN1C(=O)[C@@]2(C)CC[C@]1(C)C(=O)N2. The van der Waals surface area contributed by atoms with Crippen LogP contribution in [-0.4, -0.2) is 34.8 Å². The summed E-state index contributed by atoms with van der Waals surface area (Å²) in [5.41, 5.74) is -1.27. The van der Waals surface area contributed by atoms with E-state index in [-0.39, 0.29) is 11.8 Å². The normalized spacial score (nSPS) is 43.8. The summed E-state index contributed by atoms with van der Waals surface area (Å²) in [5.74, 6) is 0.00389. The molecule has 0 aromatic carbocycles. The first kappa shape index (κ1) is 8.53. The molecule has 4 nitrogen and oxygen atoms in total. The van der Waals surface area contributed by atoms with Gasteiger partial charge < -0.3 is 10.2 Å². The highest BCUT2D eigenvalue weighted by Gasteiger charge is 2.57. The molecule has 72 valence electrons. The Kier molecular flexibility index (Phi) is 1.35. The number of carbonyl (C=O) groups excluding carboxylic acids is 2. The van der Waals surface area contributed by atoms with Crippen molar-refractivity contribution in [3.63, 3.8) is 0 Å². The van der Waals surface area contributed by atoms with Gasteiger partial charge in [0, 0.05) is 7.05 Å². The van der Waals surface area contributed by atoms with Crippen LogP contribution in [0.25, 0.3) is 0 Å². The number of nitrogens with one attached hydrogen (secondary N) is 1. The highest BCUT2D eigenvalue weighted by molar-refractivity contribution is 6.03. The highest BCUT2D eigenvalue weighted by atomic mass is 16.2. The van der Waals surface area contributed by atoms with E-state index >= 15 is 0 Å². The largest absolute Gasteiger partial charge is 0.340 e. The Labute approximate surface area is 77.3 Å². The maximum atomic E-state index is 11.8. The van der Waals surface area contributed by atoms with E-state index < -0.39 is 11.1 Å². The van der Waals surface area contributed by atoms with Crippen LogP contribution in [-0.2, 0) is 9.59 Å². The van der Waals surface area contributed by atoms with E-state index in [1.54, 1.807) is 18.9 Å². The van der Waals surface area contributed by atoms with Crippen LogP contribution in [0.3, 0.4) is 0 Å². The van der Waals surface area contributed by atoms with Crippen LogP contribution < -0.4 is 5.32 Å². The second kappa shape index (κ2) is 2.05. The number of rotatable bonds is 0. The number of amides is 2. The van der Waals surface area contributed by atoms with Gasteiger partial charge in [0.15, 0.2) is 0 Å². The number of fused-ring (bicyclic) bond motifs is 3. The van der Waals surface area contributed by atoms with Crippen molar-refractivity contribution in [3.05, 3.63) is 0 Å². The number of carbonyl (C=O) groups is 2. The molecular weight excluding hydrogens is 168 g/mol. The Bertz CT molecular complexity index is 302. The van der Waals surface area contributed by atoms with E-state index in [1.165, 1.54) is 0 Å². The zero-order valence-electron chi connectivity index (χ0n) is 8.18. The van der Waals surface area contributed by atoms with Gasteiger partial charge in [-0.25, -0.2) is 0 Å². The molecule has 4 heteroatoms. The minimum Gasteiger partial charge on any atom is -0.340 e. The lowest BCUT2D eigenvalue weighted by Crippen LogP contribution is -2.77. The van der Waals surface area contributed by atoms with Gasteiger partial charge in [-0.1, -0.05) is 0 Å². The Morgan fingerprint density at radius 3 is 2.46 bits per heavy atom. The summed E-state index contributed by atoms with van der Waals surface area (Å²) < 4.78 is 0. The summed E-state index contributed by atoms with van der Waals surface area (Å²) >= 11 is 0. The zero-order chi connectivity index (χ0) is 9.85. The quantitative estimate of drug-likeness (QED) is 0.568. The molecule has 0 aromatic rings. The van der Waals surface area contributed by atoms with Gasteiger partial charge in [0.25, 0.3) is 0 Å². The molecule has 0 aliphatic carbocycles. The Hall–Kier alpha value is -1.06. The van der Waals surface area contributed by atoms with Crippen molar-refractivity contribution in [3.8, 4) is 0 Å². The summed E-state index contributed by atoms with van der Waals surface area (Å²) in [6.45, 7) is 3.61. The van der Waals surface area contributed by atoms with Crippen LogP contribution in [0.2, 0.25) is 0 Å². The van der Waals surface area contributed by atoms with Gasteiger partial charge in [-0.2, -0.15) is 0 Å². The fourth-order valence-electron chi connectivity index (χ4n) is 2.13. The topological polar surface area (TPSA) is 49.4 Å². The molecule has 3 heterocycles. The molecule has 3 rings (SSSR count). The van der Waals surface area contributed by atoms with Crippen molar-refractivity contribution in [1.82, 2.24) is 10.2 Å². The standard InChI is InChI=1S/C9H14N2O2/c1-8-4-5-9(2,6(12)10-8)11(3)7(8)13/h4-5H2,1-3H3,(H,10,12)/t8-,9-/m1/s1. The molecule has 2 amide bonds. The summed E-state index contributed by atoms with van der Waals surface area (Å²) in [5, 5.41) is 2.78. The minimum absolute atomic E-state index is 0.0247. The van der Waals surface area contributed by atoms with Crippen molar-refractivity contribution in [1.29, 1.82) is 0 Å². The van der Waals surface area contributed by atoms with Crippen LogP contribution in [0.15, 0.2) is 0 Å². The number of nitrogens with zero attached hydrogens (tertiary/aromatic N) is 1. The first-order valence-corrected chi connectivity index (χ1v) is 4.51. The van der Waals surface area contributed by atoms with Crippen molar-refractivity contribution < 1.29 is 9.59 Å². The second-order valence-electron chi connectivity index (χ2n) is 4.42. The summed E-state index contributed by atoms with van der Waals surface area (Å²) in [6.07, 6.45) is 1.51. The van der Waals surface area contributed by atoms with Gasteiger partial charge in [-0.15, -0.1) is 0 Å². The number of hydrogen-bond donors (Lipinski definition) is 1. The van der Waals surface area contributed by atoms with Crippen molar-refractivity contribution >= 4 is 11.8 Å². The Morgan fingerprint density at radius 1 is 1.31 bits per heavy atom. The molecule has 0 saturated carbocycles. The lowest BCUT2D eigenvalue weighted by Gasteiger charge is -2.54. The molecule has 1 N–H and O–H groups in total. The molecule has 0 unspecified atom stereocenters. The van der Waals surface area contributed by atoms with Gasteiger partial charge in [0.1, 0.15) is 11.1 Å². The van der Waals surface area contributed by atoms with E-state index in [1.807, 2.05) is 6.92 Å². The maximum absolute atomic E-state index is 11.8. The predicted octanol–water partition coefficient (Wildman–Crippen LogP) is -0.114. The number of likely N-dealkylation sites (N-methyl/N-ethyl adjacent to an activating group) is 1. The molecule has 0 radical (unpaired) electrons. The van der Waals surface area contributed by atoms with Crippen LogP contribution in [0.1, 0.15) is 26.7 Å². The third kappa shape index (κ3) is 0.806. The molecule has 3 aliphatic rings. The maximum Gasteiger partial charge on any atom is 0.248 e. The molecule has 2 atom stereocenters. The zero-order valence-corrected chi connectivity index (χ0v) is 8.18. The van der Waals surface area contributed by atoms with Crippen molar-refractivity contribution in [2.45, 2.75) is 37.8 Å². The molecule has 0 aromatic heterocycles. The van der Waals surface area contributed by atoms with Gasteiger partial charge in [-0.05, 0) is 26.7 Å². The van der Waals surface area contributed by atoms with Crippen LogP contribution in [0.5, 0.6) is 0 Å². The lowest BCUT2D eigenvalue weighted by molar-refractivity contribution is -0.167. The van der Waals surface area contributed by atoms with Crippen LogP contribution >= 0.6 is 0 Å². The minimum atomic E-state index is -0.649. The fraction of sp³-hybridized carbons (Fsp3) is 0.778. The molecular formula is C9H14N2O2. The van der Waals surface area contributed by atoms with E-state index in [9.17, 15) is 9.59 Å². The lowest BCUT2D eigenvalue weighted by atomic mass is 9.74. The van der Waals surface area contributed by atoms with Gasteiger partial charge in [0.05, 0.1) is 0 Å². The van der Waals surface area contributed by atoms with Gasteiger partial charge in [-0.3, -0.25) is 9.59 Å². The monoisotopic (exact) mass is 182 g/mol. The first-order valence-electron chi connectivity index (χ1n) is 4.51. The molecule has 13 heavy (non-hydrogen) atoms. The average Bonchev–Trinajstić information content (AvgIpc) is 2.07. The highest BCUT2D eigenvalue weighted by Crippen LogP contribution is 2.38. The number of piperazine rings is 1. The molecule has 3 aliphatic heterocycles. The average molecular weight is 182 g/mol. The van der Waals surface area contributed by atoms with E-state index in [0.717, 1.165) is 12.8 Å². The number of hydrogen-bond acceptors (Lipinski definition) is 2.